The van der Waals surface area contributed by atoms with E-state index in [9.17, 15) is 0 Å². The van der Waals surface area contributed by atoms with Crippen LogP contribution in [0.4, 0.5) is 34.1 Å². The molecule has 14 aromatic rings. The Morgan fingerprint density at radius 1 is 0.162 bits per heavy atom. The van der Waals surface area contributed by atoms with Gasteiger partial charge in [0.25, 0.3) is 0 Å². The number of fused-ring (bicyclic) bond motifs is 6. The van der Waals surface area contributed by atoms with Crippen LogP contribution in [0.25, 0.3) is 98.4 Å². The van der Waals surface area contributed by atoms with Crippen LogP contribution in [0.15, 0.2) is 291 Å². The Kier molecular flexibility index (Phi) is 10.6. The fraction of sp³-hybridized carbons (Fsp3) is 0. The molecule has 0 amide bonds. The number of nitrogens with zero attached hydrogens (tertiary/aromatic N) is 2. The van der Waals surface area contributed by atoms with Gasteiger partial charge >= 0.3 is 0 Å². The normalized spacial score (nSPS) is 11.5. The van der Waals surface area contributed by atoms with E-state index in [0.29, 0.717) is 0 Å². The zero-order valence-corrected chi connectivity index (χ0v) is 40.6. The molecule has 0 aliphatic rings. The molecule has 74 heavy (non-hydrogen) atoms. The van der Waals surface area contributed by atoms with Gasteiger partial charge in [-0.15, -0.1) is 0 Å². The number of benzene rings is 14. The number of rotatable bonds is 10. The number of hydrogen-bond acceptors (Lipinski definition) is 2. The molecule has 346 valence electrons. The van der Waals surface area contributed by atoms with E-state index < -0.39 is 0 Å². The molecule has 0 spiro atoms. The molecule has 14 rings (SSSR count). The monoisotopic (exact) mass is 940 g/mol. The van der Waals surface area contributed by atoms with Gasteiger partial charge in [0.05, 0.1) is 11.4 Å². The minimum atomic E-state index is 1.09. The molecule has 0 saturated heterocycles. The van der Waals surface area contributed by atoms with Gasteiger partial charge in [-0.1, -0.05) is 218 Å². The molecule has 0 atom stereocenters. The summed E-state index contributed by atoms with van der Waals surface area (Å²) in [7, 11) is 0. The zero-order valence-electron chi connectivity index (χ0n) is 40.6. The van der Waals surface area contributed by atoms with E-state index in [1.165, 1.54) is 76.1 Å². The summed E-state index contributed by atoms with van der Waals surface area (Å²) in [5.74, 6) is 0. The van der Waals surface area contributed by atoms with Crippen molar-refractivity contribution in [3.8, 4) is 44.5 Å². The van der Waals surface area contributed by atoms with E-state index in [2.05, 4.69) is 301 Å². The third-order valence-corrected chi connectivity index (χ3v) is 14.9. The largest absolute Gasteiger partial charge is 0.310 e. The molecule has 0 unspecified atom stereocenters. The second kappa shape index (κ2) is 18.1. The van der Waals surface area contributed by atoms with Gasteiger partial charge in [0.1, 0.15) is 0 Å². The van der Waals surface area contributed by atoms with Gasteiger partial charge in [0, 0.05) is 44.3 Å². The Morgan fingerprint density at radius 3 is 0.730 bits per heavy atom. The fourth-order valence-corrected chi connectivity index (χ4v) is 11.6. The van der Waals surface area contributed by atoms with E-state index in [-0.39, 0.29) is 0 Å². The molecule has 0 saturated carbocycles. The van der Waals surface area contributed by atoms with Crippen molar-refractivity contribution in [1.29, 1.82) is 0 Å². The van der Waals surface area contributed by atoms with Gasteiger partial charge < -0.3 is 9.80 Å². The highest BCUT2D eigenvalue weighted by atomic mass is 15.2. The second-order valence-corrected chi connectivity index (χ2v) is 19.2. The summed E-state index contributed by atoms with van der Waals surface area (Å²) in [4.78, 5) is 4.99. The lowest BCUT2D eigenvalue weighted by Crippen LogP contribution is -2.12. The predicted octanol–water partition coefficient (Wildman–Crippen LogP) is 20.5. The van der Waals surface area contributed by atoms with Crippen molar-refractivity contribution in [2.45, 2.75) is 0 Å². The molecule has 2 heteroatoms. The molecule has 0 fully saturated rings. The molecule has 0 bridgehead atoms. The maximum atomic E-state index is 2.50. The first-order valence-electron chi connectivity index (χ1n) is 25.5. The van der Waals surface area contributed by atoms with Crippen LogP contribution >= 0.6 is 0 Å². The molecular weight excluding hydrogens is 893 g/mol. The Bertz CT molecular complexity index is 3930. The first kappa shape index (κ1) is 43.1. The van der Waals surface area contributed by atoms with E-state index >= 15 is 0 Å². The van der Waals surface area contributed by atoms with Crippen molar-refractivity contribution in [3.05, 3.63) is 291 Å². The second-order valence-electron chi connectivity index (χ2n) is 19.2. The van der Waals surface area contributed by atoms with Gasteiger partial charge in [0.15, 0.2) is 0 Å². The van der Waals surface area contributed by atoms with Crippen LogP contribution in [-0.4, -0.2) is 0 Å². The van der Waals surface area contributed by atoms with E-state index in [0.717, 1.165) is 56.4 Å². The van der Waals surface area contributed by atoms with Crippen molar-refractivity contribution >= 4 is 88.0 Å². The van der Waals surface area contributed by atoms with Crippen LogP contribution in [0.1, 0.15) is 0 Å². The number of hydrogen-bond donors (Lipinski definition) is 0. The summed E-state index contributed by atoms with van der Waals surface area (Å²) >= 11 is 0. The Hall–Kier alpha value is -9.76. The Balaban J connectivity index is 1.11. The maximum absolute atomic E-state index is 2.50. The molecule has 0 aliphatic carbocycles. The van der Waals surface area contributed by atoms with E-state index in [1.54, 1.807) is 0 Å². The predicted molar refractivity (Wildman–Crippen MR) is 316 cm³/mol. The first-order valence-corrected chi connectivity index (χ1v) is 25.5. The molecule has 2 nitrogen and oxygen atoms in total. The molecular formula is C72H48N2. The average molecular weight is 941 g/mol. The standard InChI is InChI=1S/C72H48N2/c1-7-23-49(24-8-1)53-43-54(50-25-9-2-10-26-50)46-59(45-53)73(57-31-15-5-16-32-57)67-41-39-65-62-36-20-22-38-64(62)70-68(42-40-66-61-35-19-21-37-63(61)69(67)71(65)72(66)70)74(58-33-17-6-18-34-58)60-47-55(51-27-11-3-12-28-51)44-56(48-60)52-29-13-4-14-30-52/h1-48H. The third kappa shape index (κ3) is 7.35. The van der Waals surface area contributed by atoms with Crippen molar-refractivity contribution in [2.75, 3.05) is 9.80 Å². The van der Waals surface area contributed by atoms with E-state index in [4.69, 9.17) is 0 Å². The van der Waals surface area contributed by atoms with Gasteiger partial charge in [-0.2, -0.15) is 0 Å². The summed E-state index contributed by atoms with van der Waals surface area (Å²) in [6.07, 6.45) is 0. The highest BCUT2D eigenvalue weighted by molar-refractivity contribution is 6.43. The fourth-order valence-electron chi connectivity index (χ4n) is 11.6. The van der Waals surface area contributed by atoms with Crippen LogP contribution < -0.4 is 9.80 Å². The average Bonchev–Trinajstić information content (AvgIpc) is 3.49. The SMILES string of the molecule is c1ccc(-c2cc(-c3ccccc3)cc(N(c3ccccc3)c3ccc4c5ccccc5c5c(N(c6ccccc6)c6cc(-c7ccccc7)cc(-c7ccccc7)c6)ccc6c7ccccc7c3c4c65)c2)cc1. The Morgan fingerprint density at radius 2 is 0.419 bits per heavy atom. The quantitative estimate of drug-likeness (QED) is 0.0996. The van der Waals surface area contributed by atoms with Crippen molar-refractivity contribution in [3.63, 3.8) is 0 Å². The number of anilines is 6. The minimum absolute atomic E-state index is 1.09. The van der Waals surface area contributed by atoms with Crippen molar-refractivity contribution in [1.82, 2.24) is 0 Å². The van der Waals surface area contributed by atoms with Gasteiger partial charge in [-0.05, 0) is 150 Å². The summed E-state index contributed by atoms with van der Waals surface area (Å²) in [5.41, 5.74) is 15.9. The highest BCUT2D eigenvalue weighted by Crippen LogP contribution is 2.54. The lowest BCUT2D eigenvalue weighted by molar-refractivity contribution is 1.30. The van der Waals surface area contributed by atoms with Crippen molar-refractivity contribution < 1.29 is 0 Å². The zero-order chi connectivity index (χ0) is 49.0. The molecule has 0 radical (unpaired) electrons. The molecule has 0 heterocycles. The summed E-state index contributed by atoms with van der Waals surface area (Å²) < 4.78 is 0. The molecule has 0 aliphatic heterocycles. The topological polar surface area (TPSA) is 6.48 Å². The van der Waals surface area contributed by atoms with Crippen LogP contribution in [0.3, 0.4) is 0 Å². The van der Waals surface area contributed by atoms with Crippen LogP contribution in [0.5, 0.6) is 0 Å². The van der Waals surface area contributed by atoms with Crippen LogP contribution in [-0.2, 0) is 0 Å². The summed E-state index contributed by atoms with van der Waals surface area (Å²) in [6, 6.07) is 107. The summed E-state index contributed by atoms with van der Waals surface area (Å²) in [6.45, 7) is 0. The minimum Gasteiger partial charge on any atom is -0.310 e. The van der Waals surface area contributed by atoms with E-state index in [1.807, 2.05) is 0 Å². The maximum Gasteiger partial charge on any atom is 0.0546 e. The Labute approximate surface area is 431 Å². The lowest BCUT2D eigenvalue weighted by atomic mass is 9.84. The van der Waals surface area contributed by atoms with Gasteiger partial charge in [0.2, 0.25) is 0 Å². The number of para-hydroxylation sites is 2. The third-order valence-electron chi connectivity index (χ3n) is 14.9. The smallest absolute Gasteiger partial charge is 0.0546 e. The molecule has 0 aromatic heterocycles. The van der Waals surface area contributed by atoms with Crippen LogP contribution in [0.2, 0.25) is 0 Å². The lowest BCUT2D eigenvalue weighted by Gasteiger charge is -2.31. The molecule has 0 N–H and O–H groups in total. The first-order chi connectivity index (χ1) is 36.7. The highest BCUT2D eigenvalue weighted by Gasteiger charge is 2.27. The van der Waals surface area contributed by atoms with Crippen molar-refractivity contribution in [2.24, 2.45) is 0 Å². The van der Waals surface area contributed by atoms with Gasteiger partial charge in [-0.3, -0.25) is 0 Å². The summed E-state index contributed by atoms with van der Waals surface area (Å²) in [5, 5.41) is 12.3. The van der Waals surface area contributed by atoms with Crippen LogP contribution in [0, 0.1) is 0 Å². The molecule has 14 aromatic carbocycles. The van der Waals surface area contributed by atoms with Gasteiger partial charge in [-0.25, -0.2) is 0 Å².